The highest BCUT2D eigenvalue weighted by molar-refractivity contribution is 6.32. The highest BCUT2D eigenvalue weighted by atomic mass is 35.5. The Morgan fingerprint density at radius 3 is 2.77 bits per heavy atom. The molecule has 26 heavy (non-hydrogen) atoms. The van der Waals surface area contributed by atoms with Gasteiger partial charge in [0, 0.05) is 31.4 Å². The van der Waals surface area contributed by atoms with E-state index >= 15 is 0 Å². The topological polar surface area (TPSA) is 76.9 Å². The first kappa shape index (κ1) is 17.9. The van der Waals surface area contributed by atoms with Crippen LogP contribution in [0.5, 0.6) is 5.75 Å². The zero-order chi connectivity index (χ0) is 18.7. The van der Waals surface area contributed by atoms with Crippen LogP contribution < -0.4 is 15.4 Å². The maximum atomic E-state index is 13.8. The van der Waals surface area contributed by atoms with Crippen molar-refractivity contribution < 1.29 is 13.5 Å². The largest absolute Gasteiger partial charge is 0.493 e. The summed E-state index contributed by atoms with van der Waals surface area (Å²) in [5.74, 6) is -0.926. The number of nitrogens with one attached hydrogen (secondary N) is 2. The molecule has 0 aliphatic rings. The highest BCUT2D eigenvalue weighted by Crippen LogP contribution is 2.26. The summed E-state index contributed by atoms with van der Waals surface area (Å²) in [4.78, 5) is 8.35. The minimum atomic E-state index is -0.781. The molecule has 0 aliphatic carbocycles. The number of aromatic nitrogens is 4. The average Bonchev–Trinajstić information content (AvgIpc) is 3.00. The molecule has 0 fully saturated rings. The average molecular weight is 381 g/mol. The maximum absolute atomic E-state index is 13.8. The predicted octanol–water partition coefficient (Wildman–Crippen LogP) is 3.51. The summed E-state index contributed by atoms with van der Waals surface area (Å²) in [5, 5.41) is 10.2. The fourth-order valence-electron chi connectivity index (χ4n) is 2.32. The van der Waals surface area contributed by atoms with E-state index in [1.807, 2.05) is 0 Å². The monoisotopic (exact) mass is 380 g/mol. The lowest BCUT2D eigenvalue weighted by molar-refractivity contribution is 0.379. The lowest BCUT2D eigenvalue weighted by atomic mass is 10.2. The number of rotatable bonds is 6. The normalized spacial score (nSPS) is 10.7. The lowest BCUT2D eigenvalue weighted by Crippen LogP contribution is -2.07. The van der Waals surface area contributed by atoms with Gasteiger partial charge in [0.1, 0.15) is 10.8 Å². The van der Waals surface area contributed by atoms with Gasteiger partial charge in [0.15, 0.2) is 17.4 Å². The molecule has 0 saturated heterocycles. The number of anilines is 3. The van der Waals surface area contributed by atoms with Crippen LogP contribution in [0.1, 0.15) is 5.56 Å². The Labute approximate surface area is 153 Å². The molecule has 2 heterocycles. The van der Waals surface area contributed by atoms with Crippen molar-refractivity contribution in [2.75, 3.05) is 17.7 Å². The van der Waals surface area contributed by atoms with Gasteiger partial charge in [0.25, 0.3) is 0 Å². The molecule has 0 unspecified atom stereocenters. The zero-order valence-electron chi connectivity index (χ0n) is 13.9. The summed E-state index contributed by atoms with van der Waals surface area (Å²) >= 11 is 6.09. The maximum Gasteiger partial charge on any atom is 0.229 e. The van der Waals surface area contributed by atoms with Crippen molar-refractivity contribution in [3.63, 3.8) is 0 Å². The van der Waals surface area contributed by atoms with Gasteiger partial charge in [-0.15, -0.1) is 0 Å². The van der Waals surface area contributed by atoms with Crippen LogP contribution in [-0.2, 0) is 13.6 Å². The molecule has 3 aromatic rings. The Kier molecular flexibility index (Phi) is 5.17. The third-order valence-electron chi connectivity index (χ3n) is 3.44. The predicted molar refractivity (Wildman–Crippen MR) is 93.8 cm³/mol. The quantitative estimate of drug-likeness (QED) is 0.681. The molecular formula is C16H15ClF2N6O. The minimum Gasteiger partial charge on any atom is -0.493 e. The number of methoxy groups -OCH3 is 1. The van der Waals surface area contributed by atoms with Crippen LogP contribution in [0.25, 0.3) is 0 Å². The molecule has 2 aromatic heterocycles. The lowest BCUT2D eigenvalue weighted by Gasteiger charge is -2.12. The number of benzene rings is 1. The minimum absolute atomic E-state index is 0.0437. The molecule has 0 spiro atoms. The fourth-order valence-corrected chi connectivity index (χ4v) is 2.48. The molecule has 0 saturated carbocycles. The summed E-state index contributed by atoms with van der Waals surface area (Å²) < 4.78 is 33.8. The fraction of sp³-hybridized carbons (Fsp3) is 0.188. The first-order valence-corrected chi connectivity index (χ1v) is 7.88. The van der Waals surface area contributed by atoms with Crippen molar-refractivity contribution in [1.82, 2.24) is 19.7 Å². The second-order valence-corrected chi connectivity index (χ2v) is 5.76. The molecule has 7 nitrogen and oxygen atoms in total. The molecule has 1 aromatic carbocycles. The molecule has 0 amide bonds. The van der Waals surface area contributed by atoms with Crippen molar-refractivity contribution in [3.8, 4) is 5.75 Å². The van der Waals surface area contributed by atoms with Crippen LogP contribution in [0.4, 0.5) is 26.2 Å². The van der Waals surface area contributed by atoms with E-state index in [1.165, 1.54) is 19.4 Å². The van der Waals surface area contributed by atoms with Crippen LogP contribution >= 0.6 is 11.6 Å². The van der Waals surface area contributed by atoms with Crippen LogP contribution in [0.3, 0.4) is 0 Å². The Bertz CT molecular complexity index is 933. The van der Waals surface area contributed by atoms with Crippen LogP contribution in [-0.4, -0.2) is 26.9 Å². The van der Waals surface area contributed by atoms with E-state index in [9.17, 15) is 8.78 Å². The van der Waals surface area contributed by atoms with Crippen LogP contribution in [0, 0.1) is 11.6 Å². The van der Waals surface area contributed by atoms with E-state index in [0.29, 0.717) is 23.0 Å². The van der Waals surface area contributed by atoms with Gasteiger partial charge in [0.2, 0.25) is 5.95 Å². The molecule has 0 atom stereocenters. The summed E-state index contributed by atoms with van der Waals surface area (Å²) in [6.07, 6.45) is 4.79. The van der Waals surface area contributed by atoms with E-state index in [2.05, 4.69) is 25.7 Å². The Balaban J connectivity index is 1.79. The van der Waals surface area contributed by atoms with E-state index in [4.69, 9.17) is 16.3 Å². The molecular weight excluding hydrogens is 366 g/mol. The van der Waals surface area contributed by atoms with Gasteiger partial charge >= 0.3 is 0 Å². The van der Waals surface area contributed by atoms with Crippen molar-refractivity contribution in [3.05, 3.63) is 52.9 Å². The standard InChI is InChI=1S/C16H15ClF2N6O/c1-25-8-11(6-22-25)23-16-21-7-12(17)15(24-16)20-5-9-3-10(18)4-13(19)14(9)26-2/h3-4,6-8H,5H2,1-2H3,(H2,20,21,23,24). The van der Waals surface area contributed by atoms with Gasteiger partial charge in [-0.25, -0.2) is 13.8 Å². The van der Waals surface area contributed by atoms with Crippen molar-refractivity contribution in [1.29, 1.82) is 0 Å². The number of nitrogens with zero attached hydrogens (tertiary/aromatic N) is 4. The Morgan fingerprint density at radius 2 is 2.08 bits per heavy atom. The van der Waals surface area contributed by atoms with Gasteiger partial charge in [-0.05, 0) is 6.07 Å². The molecule has 2 N–H and O–H groups in total. The van der Waals surface area contributed by atoms with Gasteiger partial charge in [-0.3, -0.25) is 4.68 Å². The van der Waals surface area contributed by atoms with Crippen LogP contribution in [0.2, 0.25) is 5.02 Å². The summed E-state index contributed by atoms with van der Waals surface area (Å²) in [6.45, 7) is 0.0565. The SMILES string of the molecule is COc1c(F)cc(F)cc1CNc1nc(Nc2cnn(C)c2)ncc1Cl. The first-order valence-electron chi connectivity index (χ1n) is 7.50. The number of hydrogen-bond donors (Lipinski definition) is 2. The van der Waals surface area contributed by atoms with Crippen molar-refractivity contribution in [2.24, 2.45) is 7.05 Å². The van der Waals surface area contributed by atoms with Gasteiger partial charge < -0.3 is 15.4 Å². The number of aryl methyl sites for hydroxylation is 1. The van der Waals surface area contributed by atoms with Gasteiger partial charge in [-0.1, -0.05) is 11.6 Å². The van der Waals surface area contributed by atoms with Crippen molar-refractivity contribution >= 4 is 29.1 Å². The molecule has 3 rings (SSSR count). The molecule has 136 valence electrons. The summed E-state index contributed by atoms with van der Waals surface area (Å²) in [6, 6.07) is 1.94. The van der Waals surface area contributed by atoms with E-state index in [-0.39, 0.29) is 17.3 Å². The van der Waals surface area contributed by atoms with E-state index in [1.54, 1.807) is 24.1 Å². The number of halogens is 3. The Morgan fingerprint density at radius 1 is 1.27 bits per heavy atom. The highest BCUT2D eigenvalue weighted by Gasteiger charge is 2.13. The smallest absolute Gasteiger partial charge is 0.229 e. The summed E-state index contributed by atoms with van der Waals surface area (Å²) in [7, 11) is 3.10. The third-order valence-corrected chi connectivity index (χ3v) is 3.72. The van der Waals surface area contributed by atoms with Gasteiger partial charge in [0.05, 0.1) is 25.2 Å². The molecule has 0 bridgehead atoms. The molecule has 10 heteroatoms. The van der Waals surface area contributed by atoms with Crippen molar-refractivity contribution in [2.45, 2.75) is 6.54 Å². The molecule has 0 radical (unpaired) electrons. The Hall–Kier alpha value is -2.94. The number of ether oxygens (including phenoxy) is 1. The second kappa shape index (κ2) is 7.52. The van der Waals surface area contributed by atoms with Crippen LogP contribution in [0.15, 0.2) is 30.7 Å². The zero-order valence-corrected chi connectivity index (χ0v) is 14.7. The van der Waals surface area contributed by atoms with E-state index in [0.717, 1.165) is 6.07 Å². The van der Waals surface area contributed by atoms with E-state index < -0.39 is 11.6 Å². The summed E-state index contributed by atoms with van der Waals surface area (Å²) in [5.41, 5.74) is 0.996. The molecule has 0 aliphatic heterocycles. The first-order chi connectivity index (χ1) is 12.5. The second-order valence-electron chi connectivity index (χ2n) is 5.35. The number of hydrogen-bond acceptors (Lipinski definition) is 6. The van der Waals surface area contributed by atoms with Gasteiger partial charge in [-0.2, -0.15) is 10.1 Å². The third kappa shape index (κ3) is 3.99.